The van der Waals surface area contributed by atoms with Crippen molar-refractivity contribution < 1.29 is 9.59 Å². The van der Waals surface area contributed by atoms with Gasteiger partial charge >= 0.3 is 0 Å². The number of fused-ring (bicyclic) bond motifs is 2. The molecule has 2 heterocycles. The van der Waals surface area contributed by atoms with Gasteiger partial charge in [0.1, 0.15) is 11.0 Å². The van der Waals surface area contributed by atoms with Crippen LogP contribution in [0, 0.1) is 5.92 Å². The molecule has 116 valence electrons. The van der Waals surface area contributed by atoms with Crippen LogP contribution in [0.25, 0.3) is 11.0 Å². The first-order valence-electron chi connectivity index (χ1n) is 7.78. The fraction of sp³-hybridized carbons (Fsp3) is 0.500. The number of imide groups is 1. The largest absolute Gasteiger partial charge is 0.274 e. The van der Waals surface area contributed by atoms with Crippen LogP contribution in [-0.2, 0) is 0 Å². The quantitative estimate of drug-likeness (QED) is 0.765. The number of unbranched alkanes of at least 4 members (excludes halogenated alkanes) is 1. The molecule has 0 saturated heterocycles. The molecule has 2 amide bonds. The van der Waals surface area contributed by atoms with E-state index in [1.165, 1.54) is 4.90 Å². The van der Waals surface area contributed by atoms with E-state index in [-0.39, 0.29) is 11.8 Å². The van der Waals surface area contributed by atoms with Gasteiger partial charge in [-0.05, 0) is 24.5 Å². The van der Waals surface area contributed by atoms with Crippen molar-refractivity contribution in [3.8, 4) is 0 Å². The van der Waals surface area contributed by atoms with E-state index in [1.807, 2.05) is 0 Å². The van der Waals surface area contributed by atoms with E-state index in [0.29, 0.717) is 34.6 Å². The summed E-state index contributed by atoms with van der Waals surface area (Å²) in [4.78, 5) is 26.5. The number of nitrogens with zero attached hydrogens (tertiary/aromatic N) is 3. The normalized spacial score (nSPS) is 15.6. The van der Waals surface area contributed by atoms with Gasteiger partial charge in [-0.3, -0.25) is 14.5 Å². The van der Waals surface area contributed by atoms with Gasteiger partial charge in [-0.25, -0.2) is 0 Å². The monoisotopic (exact) mass is 317 g/mol. The van der Waals surface area contributed by atoms with Crippen molar-refractivity contribution in [1.82, 2.24) is 13.6 Å². The Morgan fingerprint density at radius 3 is 2.18 bits per heavy atom. The lowest BCUT2D eigenvalue weighted by molar-refractivity contribution is 0.0624. The van der Waals surface area contributed by atoms with E-state index in [0.717, 1.165) is 37.4 Å². The fourth-order valence-corrected chi connectivity index (χ4v) is 3.42. The third-order valence-electron chi connectivity index (χ3n) is 4.33. The zero-order valence-corrected chi connectivity index (χ0v) is 13.7. The lowest BCUT2D eigenvalue weighted by Crippen LogP contribution is -2.34. The average Bonchev–Trinajstić information content (AvgIpc) is 3.07. The van der Waals surface area contributed by atoms with Crippen molar-refractivity contribution in [1.29, 1.82) is 0 Å². The molecule has 5 nitrogen and oxygen atoms in total. The van der Waals surface area contributed by atoms with Crippen LogP contribution in [0.1, 0.15) is 60.2 Å². The molecular formula is C16H19N3O2S. The Morgan fingerprint density at radius 2 is 1.68 bits per heavy atom. The Balaban J connectivity index is 1.86. The van der Waals surface area contributed by atoms with Gasteiger partial charge in [0.15, 0.2) is 0 Å². The first-order valence-corrected chi connectivity index (χ1v) is 8.51. The Hall–Kier alpha value is -1.82. The Labute approximate surface area is 133 Å². The minimum absolute atomic E-state index is 0.190. The lowest BCUT2D eigenvalue weighted by Gasteiger charge is -2.21. The number of benzene rings is 1. The van der Waals surface area contributed by atoms with E-state index in [9.17, 15) is 9.59 Å². The second-order valence-corrected chi connectivity index (χ2v) is 6.32. The SMILES string of the molecule is CCCC[C@@H](CC)CN1C(=O)c2cc3nsnc3cc2C1=O. The molecule has 0 spiro atoms. The molecule has 6 heteroatoms. The third kappa shape index (κ3) is 2.52. The minimum atomic E-state index is -0.190. The van der Waals surface area contributed by atoms with Crippen LogP contribution in [0.3, 0.4) is 0 Å². The summed E-state index contributed by atoms with van der Waals surface area (Å²) in [7, 11) is 0. The predicted octanol–water partition coefficient (Wildman–Crippen LogP) is 3.50. The molecule has 0 saturated carbocycles. The smallest absolute Gasteiger partial charge is 0.261 e. The van der Waals surface area contributed by atoms with Crippen LogP contribution in [0.5, 0.6) is 0 Å². The summed E-state index contributed by atoms with van der Waals surface area (Å²) < 4.78 is 8.29. The minimum Gasteiger partial charge on any atom is -0.274 e. The molecule has 1 atom stereocenters. The maximum absolute atomic E-state index is 12.6. The first kappa shape index (κ1) is 15.1. The molecule has 2 aromatic rings. The Kier molecular flexibility index (Phi) is 4.20. The highest BCUT2D eigenvalue weighted by atomic mass is 32.1. The van der Waals surface area contributed by atoms with Crippen molar-refractivity contribution in [2.75, 3.05) is 6.54 Å². The number of aromatic nitrogens is 2. The van der Waals surface area contributed by atoms with E-state index < -0.39 is 0 Å². The summed E-state index contributed by atoms with van der Waals surface area (Å²) in [5.74, 6) is -0.00589. The molecule has 22 heavy (non-hydrogen) atoms. The summed E-state index contributed by atoms with van der Waals surface area (Å²) in [5.41, 5.74) is 2.31. The zero-order chi connectivity index (χ0) is 15.7. The summed E-state index contributed by atoms with van der Waals surface area (Å²) in [6.07, 6.45) is 4.29. The molecule has 0 radical (unpaired) electrons. The number of rotatable bonds is 6. The highest BCUT2D eigenvalue weighted by Crippen LogP contribution is 2.28. The van der Waals surface area contributed by atoms with Crippen LogP contribution >= 0.6 is 11.7 Å². The van der Waals surface area contributed by atoms with E-state index >= 15 is 0 Å². The van der Waals surface area contributed by atoms with E-state index in [4.69, 9.17) is 0 Å². The molecule has 0 unspecified atom stereocenters. The summed E-state index contributed by atoms with van der Waals surface area (Å²) in [6.45, 7) is 4.78. The van der Waals surface area contributed by atoms with Crippen LogP contribution in [0.2, 0.25) is 0 Å². The van der Waals surface area contributed by atoms with E-state index in [2.05, 4.69) is 22.6 Å². The molecule has 1 aliphatic heterocycles. The van der Waals surface area contributed by atoms with Gasteiger partial charge in [0.25, 0.3) is 11.8 Å². The van der Waals surface area contributed by atoms with Gasteiger partial charge in [-0.2, -0.15) is 8.75 Å². The highest BCUT2D eigenvalue weighted by molar-refractivity contribution is 7.00. The Morgan fingerprint density at radius 1 is 1.09 bits per heavy atom. The Bertz CT molecular complexity index is 675. The van der Waals surface area contributed by atoms with Crippen LogP contribution in [0.15, 0.2) is 12.1 Å². The third-order valence-corrected chi connectivity index (χ3v) is 4.88. The van der Waals surface area contributed by atoms with Crippen molar-refractivity contribution in [3.63, 3.8) is 0 Å². The van der Waals surface area contributed by atoms with Gasteiger partial charge in [0.2, 0.25) is 0 Å². The number of hydrogen-bond donors (Lipinski definition) is 0. The van der Waals surface area contributed by atoms with Crippen molar-refractivity contribution in [2.24, 2.45) is 5.92 Å². The standard InChI is InChI=1S/C16H19N3O2S/c1-3-5-6-10(4-2)9-19-15(20)11-7-13-14(18-22-17-13)8-12(11)16(19)21/h7-8,10H,3-6,9H2,1-2H3/t10-/m1/s1. The number of amides is 2. The molecule has 1 aromatic heterocycles. The molecule has 0 aliphatic carbocycles. The lowest BCUT2D eigenvalue weighted by atomic mass is 9.99. The molecule has 0 bridgehead atoms. The second kappa shape index (κ2) is 6.12. The summed E-state index contributed by atoms with van der Waals surface area (Å²) >= 11 is 1.10. The second-order valence-electron chi connectivity index (χ2n) is 5.79. The van der Waals surface area contributed by atoms with Crippen LogP contribution in [0.4, 0.5) is 0 Å². The topological polar surface area (TPSA) is 63.2 Å². The van der Waals surface area contributed by atoms with Crippen LogP contribution < -0.4 is 0 Å². The maximum atomic E-state index is 12.6. The van der Waals surface area contributed by atoms with Crippen molar-refractivity contribution in [3.05, 3.63) is 23.3 Å². The highest BCUT2D eigenvalue weighted by Gasteiger charge is 2.37. The summed E-state index contributed by atoms with van der Waals surface area (Å²) in [6, 6.07) is 3.39. The van der Waals surface area contributed by atoms with Gasteiger partial charge in [-0.15, -0.1) is 0 Å². The molecule has 0 N–H and O–H groups in total. The molecule has 0 fully saturated rings. The van der Waals surface area contributed by atoms with Crippen LogP contribution in [-0.4, -0.2) is 32.0 Å². The first-order chi connectivity index (χ1) is 10.7. The fourth-order valence-electron chi connectivity index (χ4n) is 2.91. The number of carbonyl (C=O) groups is 2. The predicted molar refractivity (Wildman–Crippen MR) is 86.1 cm³/mol. The number of carbonyl (C=O) groups excluding carboxylic acids is 2. The molecular weight excluding hydrogens is 298 g/mol. The van der Waals surface area contributed by atoms with Crippen molar-refractivity contribution in [2.45, 2.75) is 39.5 Å². The summed E-state index contributed by atoms with van der Waals surface area (Å²) in [5, 5.41) is 0. The van der Waals surface area contributed by atoms with Gasteiger partial charge in [0.05, 0.1) is 22.9 Å². The maximum Gasteiger partial charge on any atom is 0.261 e. The molecule has 1 aliphatic rings. The van der Waals surface area contributed by atoms with E-state index in [1.54, 1.807) is 12.1 Å². The molecule has 1 aromatic carbocycles. The molecule has 3 rings (SSSR count). The van der Waals surface area contributed by atoms with Gasteiger partial charge in [0, 0.05) is 6.54 Å². The van der Waals surface area contributed by atoms with Gasteiger partial charge < -0.3 is 0 Å². The zero-order valence-electron chi connectivity index (χ0n) is 12.8. The van der Waals surface area contributed by atoms with Crippen molar-refractivity contribution >= 4 is 34.6 Å². The average molecular weight is 317 g/mol. The van der Waals surface area contributed by atoms with Gasteiger partial charge in [-0.1, -0.05) is 33.1 Å². The number of hydrogen-bond acceptors (Lipinski definition) is 5.